The number of hydrogen-bond acceptors (Lipinski definition) is 1. The number of rotatable bonds is 4. The summed E-state index contributed by atoms with van der Waals surface area (Å²) in [7, 11) is -2.59. The first-order valence-corrected chi connectivity index (χ1v) is 12.8. The van der Waals surface area contributed by atoms with Crippen LogP contribution in [0.15, 0.2) is 84.4 Å². The van der Waals surface area contributed by atoms with Crippen LogP contribution in [-0.2, 0) is 6.42 Å². The summed E-state index contributed by atoms with van der Waals surface area (Å²) in [6.07, 6.45) is 2.27. The van der Waals surface area contributed by atoms with E-state index in [0.717, 1.165) is 18.6 Å². The Morgan fingerprint density at radius 2 is 1.33 bits per heavy atom. The summed E-state index contributed by atoms with van der Waals surface area (Å²) in [4.78, 5) is 0. The lowest BCUT2D eigenvalue weighted by Gasteiger charge is -2.43. The van der Waals surface area contributed by atoms with Crippen LogP contribution in [0, 0.1) is 0 Å². The molecule has 0 heterocycles. The fraction of sp³-hybridized carbons (Fsp3) is 0.286. The van der Waals surface area contributed by atoms with Gasteiger partial charge >= 0.3 is 8.32 Å². The fourth-order valence-electron chi connectivity index (χ4n) is 4.86. The highest BCUT2D eigenvalue weighted by Crippen LogP contribution is 2.40. The van der Waals surface area contributed by atoms with E-state index in [-0.39, 0.29) is 5.04 Å². The summed E-state index contributed by atoms with van der Waals surface area (Å²) in [5, 5.41) is 2.59. The normalized spacial score (nSPS) is 13.8. The molecule has 30 heavy (non-hydrogen) atoms. The molecule has 4 rings (SSSR count). The molecule has 154 valence electrons. The van der Waals surface area contributed by atoms with Crippen LogP contribution in [0.4, 0.5) is 0 Å². The first-order chi connectivity index (χ1) is 14.3. The first kappa shape index (κ1) is 20.7. The molecule has 0 saturated carbocycles. The molecule has 0 radical (unpaired) electrons. The minimum Gasteiger partial charge on any atom is -0.534 e. The van der Waals surface area contributed by atoms with Gasteiger partial charge in [-0.15, -0.1) is 0 Å². The molecule has 0 saturated heterocycles. The molecule has 0 unspecified atom stereocenters. The highest BCUT2D eigenvalue weighted by atomic mass is 28.4. The smallest absolute Gasteiger partial charge is 0.319 e. The van der Waals surface area contributed by atoms with Crippen LogP contribution in [0.5, 0.6) is 5.75 Å². The van der Waals surface area contributed by atoms with E-state index in [4.69, 9.17) is 4.43 Å². The van der Waals surface area contributed by atoms with Crippen molar-refractivity contribution in [2.75, 3.05) is 0 Å². The van der Waals surface area contributed by atoms with E-state index >= 15 is 0 Å². The lowest BCUT2D eigenvalue weighted by Crippen LogP contribution is -2.68. The zero-order valence-electron chi connectivity index (χ0n) is 18.8. The maximum atomic E-state index is 7.21. The van der Waals surface area contributed by atoms with Crippen molar-refractivity contribution < 1.29 is 4.43 Å². The first-order valence-electron chi connectivity index (χ1n) is 10.9. The summed E-state index contributed by atoms with van der Waals surface area (Å²) < 4.78 is 7.21. The Hall–Kier alpha value is -2.58. The number of allylic oxidation sites excluding steroid dienone is 2. The van der Waals surface area contributed by atoms with Gasteiger partial charge in [-0.3, -0.25) is 0 Å². The van der Waals surface area contributed by atoms with Crippen LogP contribution in [0.1, 0.15) is 52.2 Å². The monoisotopic (exact) mass is 412 g/mol. The largest absolute Gasteiger partial charge is 0.534 e. The minimum absolute atomic E-state index is 0.0337. The summed E-state index contributed by atoms with van der Waals surface area (Å²) in [6.45, 7) is 11.4. The topological polar surface area (TPSA) is 9.23 Å². The Labute approximate surface area is 182 Å². The van der Waals surface area contributed by atoms with E-state index in [1.54, 1.807) is 0 Å². The Bertz CT molecular complexity index is 1020. The van der Waals surface area contributed by atoms with Crippen molar-refractivity contribution in [1.29, 1.82) is 0 Å². The lowest BCUT2D eigenvalue weighted by atomic mass is 10.0. The third-order valence-corrected chi connectivity index (χ3v) is 11.3. The number of benzene rings is 3. The van der Waals surface area contributed by atoms with Crippen LogP contribution in [-0.4, -0.2) is 8.32 Å². The maximum Gasteiger partial charge on any atom is 0.319 e. The average molecular weight is 413 g/mol. The molecular formula is C28H32OSi. The van der Waals surface area contributed by atoms with Gasteiger partial charge in [0.05, 0.1) is 0 Å². The van der Waals surface area contributed by atoms with E-state index in [9.17, 15) is 0 Å². The van der Waals surface area contributed by atoms with Gasteiger partial charge < -0.3 is 4.43 Å². The second kappa shape index (κ2) is 7.92. The van der Waals surface area contributed by atoms with Crippen molar-refractivity contribution in [3.8, 4) is 5.75 Å². The van der Waals surface area contributed by atoms with E-state index in [0.29, 0.717) is 0 Å². The second-order valence-corrected chi connectivity index (χ2v) is 13.8. The van der Waals surface area contributed by atoms with E-state index in [2.05, 4.69) is 113 Å². The molecule has 3 aromatic rings. The predicted octanol–water partition coefficient (Wildman–Crippen LogP) is 6.37. The van der Waals surface area contributed by atoms with Gasteiger partial charge in [0.25, 0.3) is 0 Å². The molecule has 0 aromatic heterocycles. The summed E-state index contributed by atoms with van der Waals surface area (Å²) in [5.74, 6) is 0.990. The molecule has 0 spiro atoms. The van der Waals surface area contributed by atoms with Crippen LogP contribution >= 0.6 is 0 Å². The molecule has 0 atom stereocenters. The van der Waals surface area contributed by atoms with E-state index < -0.39 is 8.32 Å². The molecule has 3 aromatic carbocycles. The number of fused-ring (bicyclic) bond motifs is 1. The average Bonchev–Trinajstić information content (AvgIpc) is 3.16. The van der Waals surface area contributed by atoms with Gasteiger partial charge in [0.1, 0.15) is 5.75 Å². The highest BCUT2D eigenvalue weighted by Gasteiger charge is 2.52. The zero-order chi connectivity index (χ0) is 21.4. The van der Waals surface area contributed by atoms with Crippen LogP contribution < -0.4 is 14.8 Å². The zero-order valence-corrected chi connectivity index (χ0v) is 19.8. The number of hydrogen-bond donors (Lipinski definition) is 0. The molecule has 1 aliphatic rings. The molecule has 1 nitrogen and oxygen atoms in total. The molecular weight excluding hydrogens is 380 g/mol. The second-order valence-electron chi connectivity index (χ2n) is 9.56. The minimum atomic E-state index is -2.59. The van der Waals surface area contributed by atoms with E-state index in [1.807, 2.05) is 0 Å². The standard InChI is InChI=1S/C28H32OSi/c1-21(2)26-19-17-22-16-18-23(20-27(22)26)29-30(28(3,4)5,24-12-8-6-9-13-24)25-14-10-7-11-15-25/h6-16,18,20H,17,19H2,1-5H3. The fourth-order valence-corrected chi connectivity index (χ4v) is 9.27. The van der Waals surface area contributed by atoms with Crippen LogP contribution in [0.25, 0.3) is 5.57 Å². The van der Waals surface area contributed by atoms with Gasteiger partial charge in [-0.1, -0.05) is 93.1 Å². The van der Waals surface area contributed by atoms with Crippen molar-refractivity contribution in [1.82, 2.24) is 0 Å². The van der Waals surface area contributed by atoms with Gasteiger partial charge in [-0.05, 0) is 70.9 Å². The third-order valence-electron chi connectivity index (χ3n) is 6.34. The van der Waals surface area contributed by atoms with Gasteiger partial charge in [0, 0.05) is 0 Å². The summed E-state index contributed by atoms with van der Waals surface area (Å²) >= 11 is 0. The molecule has 0 amide bonds. The van der Waals surface area contributed by atoms with E-state index in [1.165, 1.54) is 32.6 Å². The molecule has 0 bridgehead atoms. The molecule has 0 aliphatic heterocycles. The molecule has 0 fully saturated rings. The Balaban J connectivity index is 1.91. The highest BCUT2D eigenvalue weighted by molar-refractivity contribution is 7.00. The van der Waals surface area contributed by atoms with Gasteiger partial charge in [0.2, 0.25) is 0 Å². The Morgan fingerprint density at radius 1 is 0.767 bits per heavy atom. The molecule has 1 aliphatic carbocycles. The molecule has 0 N–H and O–H groups in total. The lowest BCUT2D eigenvalue weighted by molar-refractivity contribution is 0.508. The van der Waals surface area contributed by atoms with Gasteiger partial charge in [0.15, 0.2) is 0 Å². The Kier molecular flexibility index (Phi) is 5.46. The van der Waals surface area contributed by atoms with Crippen molar-refractivity contribution in [3.05, 3.63) is 95.6 Å². The predicted molar refractivity (Wildman–Crippen MR) is 131 cm³/mol. The molecule has 2 heteroatoms. The Morgan fingerprint density at radius 3 is 1.83 bits per heavy atom. The van der Waals surface area contributed by atoms with Crippen LogP contribution in [0.2, 0.25) is 5.04 Å². The van der Waals surface area contributed by atoms with Crippen molar-refractivity contribution >= 4 is 24.3 Å². The summed E-state index contributed by atoms with van der Waals surface area (Å²) in [6, 6.07) is 28.5. The quantitative estimate of drug-likeness (QED) is 0.453. The SMILES string of the molecule is CC(C)=C1CCc2ccc(O[Si](c3ccccc3)(c3ccccc3)C(C)(C)C)cc21. The van der Waals surface area contributed by atoms with Gasteiger partial charge in [-0.25, -0.2) is 0 Å². The third kappa shape index (κ3) is 3.54. The maximum absolute atomic E-state index is 7.21. The summed E-state index contributed by atoms with van der Waals surface area (Å²) in [5.41, 5.74) is 5.72. The van der Waals surface area contributed by atoms with Crippen molar-refractivity contribution in [3.63, 3.8) is 0 Å². The van der Waals surface area contributed by atoms with Crippen molar-refractivity contribution in [2.45, 2.75) is 52.5 Å². The van der Waals surface area contributed by atoms with Crippen LogP contribution in [0.3, 0.4) is 0 Å². The van der Waals surface area contributed by atoms with Crippen molar-refractivity contribution in [2.24, 2.45) is 0 Å². The van der Waals surface area contributed by atoms with Gasteiger partial charge in [-0.2, -0.15) is 0 Å². The number of aryl methyl sites for hydroxylation is 1.